The van der Waals surface area contributed by atoms with Crippen LogP contribution in [0.1, 0.15) is 31.9 Å². The van der Waals surface area contributed by atoms with Crippen LogP contribution in [0.3, 0.4) is 0 Å². The SMILES string of the molecule is CCC(N[C@@H](C)c1ccccc1Br)C(N)=O. The van der Waals surface area contributed by atoms with E-state index in [0.717, 1.165) is 10.0 Å². The Morgan fingerprint density at radius 3 is 2.62 bits per heavy atom. The van der Waals surface area contributed by atoms with Gasteiger partial charge >= 0.3 is 0 Å². The van der Waals surface area contributed by atoms with E-state index in [9.17, 15) is 4.79 Å². The first kappa shape index (κ1) is 13.2. The minimum atomic E-state index is -0.304. The Balaban J connectivity index is 2.75. The van der Waals surface area contributed by atoms with Gasteiger partial charge in [-0.1, -0.05) is 41.1 Å². The summed E-state index contributed by atoms with van der Waals surface area (Å²) < 4.78 is 1.04. The molecule has 0 saturated heterocycles. The molecule has 1 unspecified atom stereocenters. The molecule has 0 saturated carbocycles. The Morgan fingerprint density at radius 2 is 2.12 bits per heavy atom. The zero-order valence-corrected chi connectivity index (χ0v) is 11.1. The van der Waals surface area contributed by atoms with Gasteiger partial charge in [-0.3, -0.25) is 10.1 Å². The van der Waals surface area contributed by atoms with Gasteiger partial charge in [-0.05, 0) is 25.0 Å². The monoisotopic (exact) mass is 284 g/mol. The van der Waals surface area contributed by atoms with E-state index in [-0.39, 0.29) is 18.0 Å². The Labute approximate surface area is 105 Å². The average Bonchev–Trinajstić information content (AvgIpc) is 2.25. The fraction of sp³-hybridized carbons (Fsp3) is 0.417. The lowest BCUT2D eigenvalue weighted by Gasteiger charge is -2.20. The number of benzene rings is 1. The summed E-state index contributed by atoms with van der Waals surface area (Å²) in [5.74, 6) is -0.304. The Kier molecular flexibility index (Phi) is 4.96. The summed E-state index contributed by atoms with van der Waals surface area (Å²) in [6, 6.07) is 7.76. The first-order valence-corrected chi connectivity index (χ1v) is 6.15. The zero-order valence-electron chi connectivity index (χ0n) is 9.53. The third kappa shape index (κ3) is 3.32. The molecule has 88 valence electrons. The van der Waals surface area contributed by atoms with Gasteiger partial charge in [0.05, 0.1) is 6.04 Å². The molecule has 2 atom stereocenters. The molecular formula is C12H17BrN2O. The van der Waals surface area contributed by atoms with Crippen molar-refractivity contribution in [2.24, 2.45) is 5.73 Å². The van der Waals surface area contributed by atoms with Gasteiger partial charge < -0.3 is 5.73 Å². The van der Waals surface area contributed by atoms with Crippen LogP contribution in [0.5, 0.6) is 0 Å². The number of amides is 1. The largest absolute Gasteiger partial charge is 0.368 e. The van der Waals surface area contributed by atoms with Gasteiger partial charge in [0.1, 0.15) is 0 Å². The molecule has 16 heavy (non-hydrogen) atoms. The number of nitrogens with two attached hydrogens (primary N) is 1. The third-order valence-electron chi connectivity index (χ3n) is 2.57. The van der Waals surface area contributed by atoms with Crippen molar-refractivity contribution in [2.75, 3.05) is 0 Å². The summed E-state index contributed by atoms with van der Waals surface area (Å²) in [4.78, 5) is 11.1. The van der Waals surface area contributed by atoms with Crippen molar-refractivity contribution in [3.63, 3.8) is 0 Å². The van der Waals surface area contributed by atoms with E-state index < -0.39 is 0 Å². The fourth-order valence-corrected chi connectivity index (χ4v) is 2.25. The standard InChI is InChI=1S/C12H17BrN2O/c1-3-11(12(14)16)15-8(2)9-6-4-5-7-10(9)13/h4-8,11,15H,3H2,1-2H3,(H2,14,16)/t8-,11?/m0/s1. The van der Waals surface area contributed by atoms with Crippen LogP contribution in [-0.4, -0.2) is 11.9 Å². The number of rotatable bonds is 5. The topological polar surface area (TPSA) is 55.1 Å². The molecular weight excluding hydrogens is 268 g/mol. The van der Waals surface area contributed by atoms with E-state index in [1.807, 2.05) is 38.1 Å². The van der Waals surface area contributed by atoms with Crippen LogP contribution in [-0.2, 0) is 4.79 Å². The van der Waals surface area contributed by atoms with Crippen molar-refractivity contribution in [1.82, 2.24) is 5.32 Å². The second-order valence-corrected chi connectivity index (χ2v) is 4.63. The Hall–Kier alpha value is -0.870. The molecule has 0 aliphatic heterocycles. The first-order chi connectivity index (χ1) is 7.56. The molecule has 0 fully saturated rings. The molecule has 4 heteroatoms. The number of carbonyl (C=O) groups excluding carboxylic acids is 1. The summed E-state index contributed by atoms with van der Waals surface area (Å²) in [5, 5.41) is 3.22. The number of primary amides is 1. The van der Waals surface area contributed by atoms with Crippen molar-refractivity contribution < 1.29 is 4.79 Å². The lowest BCUT2D eigenvalue weighted by atomic mass is 10.1. The minimum absolute atomic E-state index is 0.0908. The smallest absolute Gasteiger partial charge is 0.234 e. The number of carbonyl (C=O) groups is 1. The zero-order chi connectivity index (χ0) is 12.1. The van der Waals surface area contributed by atoms with Crippen LogP contribution >= 0.6 is 15.9 Å². The maximum absolute atomic E-state index is 11.1. The highest BCUT2D eigenvalue weighted by Crippen LogP contribution is 2.23. The average molecular weight is 285 g/mol. The van der Waals surface area contributed by atoms with Gasteiger partial charge in [-0.2, -0.15) is 0 Å². The van der Waals surface area contributed by atoms with Crippen molar-refractivity contribution in [3.05, 3.63) is 34.3 Å². The summed E-state index contributed by atoms with van der Waals surface area (Å²) in [6.07, 6.45) is 0.699. The molecule has 0 bridgehead atoms. The summed E-state index contributed by atoms with van der Waals surface area (Å²) >= 11 is 3.49. The molecule has 1 aromatic rings. The molecule has 1 rings (SSSR count). The van der Waals surface area contributed by atoms with Crippen LogP contribution in [0, 0.1) is 0 Å². The van der Waals surface area contributed by atoms with Gasteiger partial charge in [-0.25, -0.2) is 0 Å². The van der Waals surface area contributed by atoms with Crippen LogP contribution < -0.4 is 11.1 Å². The third-order valence-corrected chi connectivity index (χ3v) is 3.30. The molecule has 0 spiro atoms. The molecule has 1 aromatic carbocycles. The summed E-state index contributed by atoms with van der Waals surface area (Å²) in [7, 11) is 0. The van der Waals surface area contributed by atoms with E-state index in [4.69, 9.17) is 5.73 Å². The Bertz CT molecular complexity index is 368. The molecule has 3 N–H and O–H groups in total. The molecule has 0 aliphatic carbocycles. The van der Waals surface area contributed by atoms with E-state index >= 15 is 0 Å². The second kappa shape index (κ2) is 6.01. The predicted octanol–water partition coefficient (Wildman–Crippen LogP) is 2.36. The van der Waals surface area contributed by atoms with Gasteiger partial charge in [-0.15, -0.1) is 0 Å². The number of halogens is 1. The van der Waals surface area contributed by atoms with Crippen molar-refractivity contribution in [2.45, 2.75) is 32.4 Å². The van der Waals surface area contributed by atoms with Gasteiger partial charge in [0.15, 0.2) is 0 Å². The highest BCUT2D eigenvalue weighted by atomic mass is 79.9. The second-order valence-electron chi connectivity index (χ2n) is 3.77. The highest BCUT2D eigenvalue weighted by molar-refractivity contribution is 9.10. The van der Waals surface area contributed by atoms with Gasteiger partial charge in [0, 0.05) is 10.5 Å². The van der Waals surface area contributed by atoms with Crippen LogP contribution in [0.15, 0.2) is 28.7 Å². The highest BCUT2D eigenvalue weighted by Gasteiger charge is 2.17. The van der Waals surface area contributed by atoms with Crippen LogP contribution in [0.25, 0.3) is 0 Å². The van der Waals surface area contributed by atoms with Crippen LogP contribution in [0.4, 0.5) is 0 Å². The molecule has 0 aliphatic rings. The van der Waals surface area contributed by atoms with Crippen molar-refractivity contribution in [1.29, 1.82) is 0 Å². The molecule has 0 aromatic heterocycles. The Morgan fingerprint density at radius 1 is 1.50 bits per heavy atom. The lowest BCUT2D eigenvalue weighted by Crippen LogP contribution is -2.41. The fourth-order valence-electron chi connectivity index (χ4n) is 1.62. The van der Waals surface area contributed by atoms with E-state index in [0.29, 0.717) is 6.42 Å². The molecule has 1 amide bonds. The summed E-state index contributed by atoms with van der Waals surface area (Å²) in [6.45, 7) is 3.96. The van der Waals surface area contributed by atoms with Crippen molar-refractivity contribution in [3.8, 4) is 0 Å². The summed E-state index contributed by atoms with van der Waals surface area (Å²) in [5.41, 5.74) is 6.43. The number of hydrogen-bond acceptors (Lipinski definition) is 2. The maximum atomic E-state index is 11.1. The molecule has 0 heterocycles. The van der Waals surface area contributed by atoms with Crippen LogP contribution in [0.2, 0.25) is 0 Å². The molecule has 0 radical (unpaired) electrons. The lowest BCUT2D eigenvalue weighted by molar-refractivity contribution is -0.120. The van der Waals surface area contributed by atoms with E-state index in [2.05, 4.69) is 21.2 Å². The van der Waals surface area contributed by atoms with E-state index in [1.165, 1.54) is 0 Å². The predicted molar refractivity (Wildman–Crippen MR) is 69.0 cm³/mol. The van der Waals surface area contributed by atoms with E-state index in [1.54, 1.807) is 0 Å². The quantitative estimate of drug-likeness (QED) is 0.872. The van der Waals surface area contributed by atoms with Crippen molar-refractivity contribution >= 4 is 21.8 Å². The molecule has 3 nitrogen and oxygen atoms in total. The van der Waals surface area contributed by atoms with Gasteiger partial charge in [0.25, 0.3) is 0 Å². The maximum Gasteiger partial charge on any atom is 0.234 e. The number of hydrogen-bond donors (Lipinski definition) is 2. The number of nitrogens with one attached hydrogen (secondary N) is 1. The normalized spacial score (nSPS) is 14.4. The van der Waals surface area contributed by atoms with Gasteiger partial charge in [0.2, 0.25) is 5.91 Å². The minimum Gasteiger partial charge on any atom is -0.368 e. The first-order valence-electron chi connectivity index (χ1n) is 5.36.